The van der Waals surface area contributed by atoms with Crippen LogP contribution < -0.4 is 14.8 Å². The summed E-state index contributed by atoms with van der Waals surface area (Å²) in [5, 5.41) is 2.40. The maximum atomic E-state index is 13.2. The molecule has 8 heteroatoms. The Bertz CT molecular complexity index is 858. The molecule has 2 aromatic carbocycles. The third kappa shape index (κ3) is 5.60. The van der Waals surface area contributed by atoms with Crippen LogP contribution in [-0.4, -0.2) is 32.2 Å². The fraction of sp³-hybridized carbons (Fsp3) is 0.300. The lowest BCUT2D eigenvalue weighted by molar-refractivity contribution is -0.153. The van der Waals surface area contributed by atoms with E-state index in [4.69, 9.17) is 25.8 Å². The van der Waals surface area contributed by atoms with Crippen molar-refractivity contribution in [2.24, 2.45) is 0 Å². The molecule has 2 aromatic rings. The molecule has 0 unspecified atom stereocenters. The zero-order chi connectivity index (χ0) is 20.7. The van der Waals surface area contributed by atoms with Crippen LogP contribution in [0.2, 0.25) is 5.02 Å². The quantitative estimate of drug-likeness (QED) is 0.667. The van der Waals surface area contributed by atoms with Gasteiger partial charge in [-0.15, -0.1) is 0 Å². The van der Waals surface area contributed by atoms with Gasteiger partial charge in [-0.25, -0.2) is 4.39 Å². The summed E-state index contributed by atoms with van der Waals surface area (Å²) in [6.45, 7) is 1.45. The molecule has 0 aliphatic carbocycles. The fourth-order valence-electron chi connectivity index (χ4n) is 2.51. The molecular formula is C20H21ClFNO5. The maximum Gasteiger partial charge on any atom is 0.306 e. The van der Waals surface area contributed by atoms with Gasteiger partial charge in [-0.2, -0.15) is 0 Å². The minimum absolute atomic E-state index is 0.0591. The van der Waals surface area contributed by atoms with Gasteiger partial charge in [0.05, 0.1) is 19.2 Å². The second-order valence-corrected chi connectivity index (χ2v) is 6.31. The molecule has 6 nitrogen and oxygen atoms in total. The number of hydrogen-bond donors (Lipinski definition) is 1. The molecular weight excluding hydrogens is 389 g/mol. The normalized spacial score (nSPS) is 11.5. The average molecular weight is 410 g/mol. The van der Waals surface area contributed by atoms with Crippen molar-refractivity contribution < 1.29 is 28.2 Å². The summed E-state index contributed by atoms with van der Waals surface area (Å²) in [6, 6.07) is 9.15. The number of carbonyl (C=O) groups is 2. The van der Waals surface area contributed by atoms with E-state index in [1.54, 1.807) is 12.1 Å². The molecule has 1 amide bonds. The number of nitrogens with one attached hydrogen (secondary N) is 1. The highest BCUT2D eigenvalue weighted by Gasteiger charge is 2.19. The predicted molar refractivity (Wildman–Crippen MR) is 103 cm³/mol. The van der Waals surface area contributed by atoms with Crippen LogP contribution >= 0.6 is 11.6 Å². The first-order chi connectivity index (χ1) is 13.3. The summed E-state index contributed by atoms with van der Waals surface area (Å²) in [6.07, 6.45) is -0.603. The number of carbonyl (C=O) groups excluding carboxylic acids is 2. The first kappa shape index (κ1) is 21.5. The first-order valence-corrected chi connectivity index (χ1v) is 8.88. The van der Waals surface area contributed by atoms with Gasteiger partial charge in [0, 0.05) is 12.1 Å². The molecule has 0 fully saturated rings. The van der Waals surface area contributed by atoms with Crippen LogP contribution in [0.25, 0.3) is 0 Å². The van der Waals surface area contributed by atoms with Gasteiger partial charge in [0.25, 0.3) is 5.91 Å². The van der Waals surface area contributed by atoms with Crippen molar-refractivity contribution >= 4 is 29.2 Å². The lowest BCUT2D eigenvalue weighted by Crippen LogP contribution is -2.30. The van der Waals surface area contributed by atoms with Crippen molar-refractivity contribution in [2.75, 3.05) is 19.5 Å². The van der Waals surface area contributed by atoms with E-state index in [2.05, 4.69) is 5.32 Å². The molecule has 0 saturated heterocycles. The van der Waals surface area contributed by atoms with Crippen LogP contribution in [0.1, 0.15) is 18.9 Å². The molecule has 0 spiro atoms. The van der Waals surface area contributed by atoms with Gasteiger partial charge in [-0.1, -0.05) is 23.7 Å². The molecule has 1 atom stereocenters. The summed E-state index contributed by atoms with van der Waals surface area (Å²) in [7, 11) is 3.05. The summed E-state index contributed by atoms with van der Waals surface area (Å²) in [5.41, 5.74) is 1.09. The van der Waals surface area contributed by atoms with Crippen molar-refractivity contribution in [1.82, 2.24) is 0 Å². The zero-order valence-electron chi connectivity index (χ0n) is 15.8. The van der Waals surface area contributed by atoms with Crippen molar-refractivity contribution in [1.29, 1.82) is 0 Å². The van der Waals surface area contributed by atoms with Crippen LogP contribution in [-0.2, 0) is 20.7 Å². The average Bonchev–Trinajstić information content (AvgIpc) is 2.68. The minimum atomic E-state index is -1.02. The SMILES string of the molecule is COc1cccc(CCC(=O)O[C@H](C)C(=O)Nc2ccc(F)c(Cl)c2)c1OC. The summed E-state index contributed by atoms with van der Waals surface area (Å²) >= 11 is 5.68. The minimum Gasteiger partial charge on any atom is -0.493 e. The molecule has 0 aliphatic rings. The number of rotatable bonds is 8. The van der Waals surface area contributed by atoms with Gasteiger partial charge in [-0.05, 0) is 43.2 Å². The van der Waals surface area contributed by atoms with Crippen molar-refractivity contribution in [3.05, 3.63) is 52.8 Å². The van der Waals surface area contributed by atoms with E-state index in [0.29, 0.717) is 23.6 Å². The monoisotopic (exact) mass is 409 g/mol. The number of para-hydroxylation sites is 1. The topological polar surface area (TPSA) is 73.9 Å². The van der Waals surface area contributed by atoms with E-state index in [-0.39, 0.29) is 11.4 Å². The maximum absolute atomic E-state index is 13.2. The molecule has 0 aliphatic heterocycles. The largest absolute Gasteiger partial charge is 0.493 e. The molecule has 0 aromatic heterocycles. The number of halogens is 2. The van der Waals surface area contributed by atoms with E-state index in [9.17, 15) is 14.0 Å². The molecule has 1 N–H and O–H groups in total. The van der Waals surface area contributed by atoms with Gasteiger partial charge in [0.1, 0.15) is 5.82 Å². The highest BCUT2D eigenvalue weighted by molar-refractivity contribution is 6.31. The van der Waals surface area contributed by atoms with Crippen LogP contribution in [0, 0.1) is 5.82 Å². The summed E-state index contributed by atoms with van der Waals surface area (Å²) < 4.78 is 28.9. The van der Waals surface area contributed by atoms with Gasteiger partial charge < -0.3 is 19.5 Å². The van der Waals surface area contributed by atoms with E-state index in [1.165, 1.54) is 33.3 Å². The Balaban J connectivity index is 1.90. The van der Waals surface area contributed by atoms with E-state index < -0.39 is 23.8 Å². The Kier molecular flexibility index (Phi) is 7.63. The Morgan fingerprint density at radius 2 is 1.93 bits per heavy atom. The van der Waals surface area contributed by atoms with Crippen molar-refractivity contribution in [2.45, 2.75) is 25.9 Å². The van der Waals surface area contributed by atoms with E-state index in [0.717, 1.165) is 11.6 Å². The number of methoxy groups -OCH3 is 2. The van der Waals surface area contributed by atoms with Gasteiger partial charge in [0.2, 0.25) is 0 Å². The highest BCUT2D eigenvalue weighted by atomic mass is 35.5. The third-order valence-electron chi connectivity index (χ3n) is 3.95. The Hall–Kier alpha value is -2.80. The number of ether oxygens (including phenoxy) is 3. The number of hydrogen-bond acceptors (Lipinski definition) is 5. The lowest BCUT2D eigenvalue weighted by Gasteiger charge is -2.15. The van der Waals surface area contributed by atoms with Gasteiger partial charge in [-0.3, -0.25) is 9.59 Å². The fourth-order valence-corrected chi connectivity index (χ4v) is 2.70. The predicted octanol–water partition coefficient (Wildman–Crippen LogP) is 4.00. The smallest absolute Gasteiger partial charge is 0.306 e. The van der Waals surface area contributed by atoms with Crippen molar-refractivity contribution in [3.63, 3.8) is 0 Å². The van der Waals surface area contributed by atoms with Crippen LogP contribution in [0.15, 0.2) is 36.4 Å². The number of esters is 1. The standard InChI is InChI=1S/C20H21ClFNO5/c1-12(20(25)23-14-8-9-16(22)15(21)11-14)28-18(24)10-7-13-5-4-6-17(26-2)19(13)27-3/h4-6,8-9,11-12H,7,10H2,1-3H3,(H,23,25)/t12-/m1/s1. The van der Waals surface area contributed by atoms with E-state index >= 15 is 0 Å². The second-order valence-electron chi connectivity index (χ2n) is 5.90. The summed E-state index contributed by atoms with van der Waals surface area (Å²) in [4.78, 5) is 24.2. The Labute approximate surface area is 167 Å². The Morgan fingerprint density at radius 3 is 2.57 bits per heavy atom. The van der Waals surface area contributed by atoms with Gasteiger partial charge >= 0.3 is 5.97 Å². The van der Waals surface area contributed by atoms with Crippen LogP contribution in [0.3, 0.4) is 0 Å². The zero-order valence-corrected chi connectivity index (χ0v) is 16.5. The van der Waals surface area contributed by atoms with Crippen LogP contribution in [0.4, 0.5) is 10.1 Å². The molecule has 0 bridgehead atoms. The third-order valence-corrected chi connectivity index (χ3v) is 4.24. The number of anilines is 1. The van der Waals surface area contributed by atoms with Crippen molar-refractivity contribution in [3.8, 4) is 11.5 Å². The van der Waals surface area contributed by atoms with Gasteiger partial charge in [0.15, 0.2) is 17.6 Å². The molecule has 150 valence electrons. The Morgan fingerprint density at radius 1 is 1.18 bits per heavy atom. The molecule has 28 heavy (non-hydrogen) atoms. The van der Waals surface area contributed by atoms with Crippen LogP contribution in [0.5, 0.6) is 11.5 Å². The number of amides is 1. The molecule has 2 rings (SSSR count). The second kappa shape index (κ2) is 9.94. The number of benzene rings is 2. The molecule has 0 radical (unpaired) electrons. The highest BCUT2D eigenvalue weighted by Crippen LogP contribution is 2.31. The molecule has 0 heterocycles. The van der Waals surface area contributed by atoms with E-state index in [1.807, 2.05) is 6.07 Å². The molecule has 0 saturated carbocycles. The number of aryl methyl sites for hydroxylation is 1. The first-order valence-electron chi connectivity index (χ1n) is 8.51. The lowest BCUT2D eigenvalue weighted by atomic mass is 10.1. The summed E-state index contributed by atoms with van der Waals surface area (Å²) in [5.74, 6) is -0.553.